The molecule has 1 saturated carbocycles. The van der Waals surface area contributed by atoms with Crippen molar-refractivity contribution >= 4 is 5.78 Å². The standard InChI is InChI=1S/C16H21NO2/c17-16(7-9-19-10-8-16)15(18)14-6-2-5-13(11-14)12-3-1-4-12/h2,5-6,11-12H,1,3-4,7-10,17H2. The maximum absolute atomic E-state index is 12.6. The van der Waals surface area contributed by atoms with E-state index in [2.05, 4.69) is 12.1 Å². The molecular weight excluding hydrogens is 238 g/mol. The number of ketones is 1. The highest BCUT2D eigenvalue weighted by atomic mass is 16.5. The predicted octanol–water partition coefficient (Wildman–Crippen LogP) is 2.64. The van der Waals surface area contributed by atoms with Crippen LogP contribution < -0.4 is 5.73 Å². The summed E-state index contributed by atoms with van der Waals surface area (Å²) in [6, 6.07) is 8.07. The molecule has 3 nitrogen and oxygen atoms in total. The first-order chi connectivity index (χ1) is 9.19. The highest BCUT2D eigenvalue weighted by Crippen LogP contribution is 2.36. The SMILES string of the molecule is NC1(C(=O)c2cccc(C3CCC3)c2)CCOCC1. The van der Waals surface area contributed by atoms with E-state index in [9.17, 15) is 4.79 Å². The molecule has 0 bridgehead atoms. The molecule has 1 heterocycles. The largest absolute Gasteiger partial charge is 0.381 e. The van der Waals surface area contributed by atoms with Crippen LogP contribution in [0.15, 0.2) is 24.3 Å². The molecule has 19 heavy (non-hydrogen) atoms. The van der Waals surface area contributed by atoms with Crippen molar-refractivity contribution in [2.24, 2.45) is 5.73 Å². The summed E-state index contributed by atoms with van der Waals surface area (Å²) >= 11 is 0. The fraction of sp³-hybridized carbons (Fsp3) is 0.562. The number of carbonyl (C=O) groups excluding carboxylic acids is 1. The van der Waals surface area contributed by atoms with Crippen LogP contribution in [-0.2, 0) is 4.74 Å². The lowest BCUT2D eigenvalue weighted by atomic mass is 9.78. The van der Waals surface area contributed by atoms with Crippen LogP contribution in [0.1, 0.15) is 53.9 Å². The summed E-state index contributed by atoms with van der Waals surface area (Å²) in [6.45, 7) is 1.18. The molecule has 0 aromatic heterocycles. The maximum atomic E-state index is 12.6. The third kappa shape index (κ3) is 2.45. The van der Waals surface area contributed by atoms with E-state index >= 15 is 0 Å². The molecule has 0 radical (unpaired) electrons. The summed E-state index contributed by atoms with van der Waals surface area (Å²) in [4.78, 5) is 12.6. The Hall–Kier alpha value is -1.19. The molecule has 3 rings (SSSR count). The minimum Gasteiger partial charge on any atom is -0.381 e. The molecule has 1 aromatic carbocycles. The van der Waals surface area contributed by atoms with Crippen molar-refractivity contribution in [2.75, 3.05) is 13.2 Å². The molecule has 2 fully saturated rings. The summed E-state index contributed by atoms with van der Waals surface area (Å²) in [7, 11) is 0. The molecule has 0 amide bonds. The predicted molar refractivity (Wildman–Crippen MR) is 74.3 cm³/mol. The van der Waals surface area contributed by atoms with Crippen LogP contribution >= 0.6 is 0 Å². The zero-order chi connectivity index (χ0) is 13.3. The van der Waals surface area contributed by atoms with Crippen molar-refractivity contribution in [3.05, 3.63) is 35.4 Å². The van der Waals surface area contributed by atoms with Gasteiger partial charge in [0.2, 0.25) is 0 Å². The lowest BCUT2D eigenvalue weighted by Gasteiger charge is -2.32. The number of ether oxygens (including phenoxy) is 1. The third-order valence-corrected chi connectivity index (χ3v) is 4.56. The highest BCUT2D eigenvalue weighted by Gasteiger charge is 2.36. The minimum absolute atomic E-state index is 0.0805. The Morgan fingerprint density at radius 2 is 2.00 bits per heavy atom. The van der Waals surface area contributed by atoms with Gasteiger partial charge in [-0.3, -0.25) is 4.79 Å². The van der Waals surface area contributed by atoms with Gasteiger partial charge in [0, 0.05) is 18.8 Å². The fourth-order valence-electron chi connectivity index (χ4n) is 2.93. The van der Waals surface area contributed by atoms with Crippen molar-refractivity contribution in [3.63, 3.8) is 0 Å². The van der Waals surface area contributed by atoms with Gasteiger partial charge in [-0.15, -0.1) is 0 Å². The maximum Gasteiger partial charge on any atom is 0.182 e. The van der Waals surface area contributed by atoms with E-state index in [1.165, 1.54) is 24.8 Å². The Labute approximate surface area is 114 Å². The topological polar surface area (TPSA) is 52.3 Å². The number of hydrogen-bond acceptors (Lipinski definition) is 3. The quantitative estimate of drug-likeness (QED) is 0.849. The van der Waals surface area contributed by atoms with Gasteiger partial charge in [-0.2, -0.15) is 0 Å². The van der Waals surface area contributed by atoms with Gasteiger partial charge in [-0.1, -0.05) is 24.6 Å². The lowest BCUT2D eigenvalue weighted by Crippen LogP contribution is -2.51. The van der Waals surface area contributed by atoms with Crippen molar-refractivity contribution in [2.45, 2.75) is 43.6 Å². The van der Waals surface area contributed by atoms with Gasteiger partial charge in [0.25, 0.3) is 0 Å². The molecule has 0 unspecified atom stereocenters. The fourth-order valence-corrected chi connectivity index (χ4v) is 2.93. The van der Waals surface area contributed by atoms with Gasteiger partial charge in [0.05, 0.1) is 5.54 Å². The summed E-state index contributed by atoms with van der Waals surface area (Å²) in [5.41, 5.74) is 7.62. The van der Waals surface area contributed by atoms with Crippen molar-refractivity contribution in [3.8, 4) is 0 Å². The smallest absolute Gasteiger partial charge is 0.182 e. The second kappa shape index (κ2) is 5.06. The molecule has 1 aliphatic carbocycles. The van der Waals surface area contributed by atoms with Crippen LogP contribution in [0.25, 0.3) is 0 Å². The first kappa shape index (κ1) is 12.8. The van der Waals surface area contributed by atoms with E-state index in [4.69, 9.17) is 10.5 Å². The summed E-state index contributed by atoms with van der Waals surface area (Å²) in [6.07, 6.45) is 5.05. The van der Waals surface area contributed by atoms with Crippen LogP contribution in [0.4, 0.5) is 0 Å². The van der Waals surface area contributed by atoms with E-state index in [0.717, 1.165) is 5.56 Å². The van der Waals surface area contributed by atoms with Crippen molar-refractivity contribution < 1.29 is 9.53 Å². The number of benzene rings is 1. The molecule has 1 saturated heterocycles. The van der Waals surface area contributed by atoms with E-state index in [1.807, 2.05) is 12.1 Å². The number of carbonyl (C=O) groups is 1. The first-order valence-corrected chi connectivity index (χ1v) is 7.20. The van der Waals surface area contributed by atoms with Crippen LogP contribution in [0.3, 0.4) is 0 Å². The Balaban J connectivity index is 1.82. The average Bonchev–Trinajstić information content (AvgIpc) is 2.37. The van der Waals surface area contributed by atoms with E-state index in [0.29, 0.717) is 32.0 Å². The van der Waals surface area contributed by atoms with Crippen molar-refractivity contribution in [1.29, 1.82) is 0 Å². The number of Topliss-reactive ketones (excluding diaryl/α,β-unsaturated/α-hetero) is 1. The molecule has 3 heteroatoms. The van der Waals surface area contributed by atoms with Gasteiger partial charge in [-0.05, 0) is 43.2 Å². The lowest BCUT2D eigenvalue weighted by molar-refractivity contribution is 0.0447. The van der Waals surface area contributed by atoms with Crippen molar-refractivity contribution in [1.82, 2.24) is 0 Å². The number of rotatable bonds is 3. The second-order valence-corrected chi connectivity index (χ2v) is 5.85. The zero-order valence-corrected chi connectivity index (χ0v) is 11.2. The Bertz CT molecular complexity index is 473. The molecule has 0 spiro atoms. The summed E-state index contributed by atoms with van der Waals surface area (Å²) in [5.74, 6) is 0.730. The van der Waals surface area contributed by atoms with E-state index in [-0.39, 0.29) is 5.78 Å². The van der Waals surface area contributed by atoms with E-state index < -0.39 is 5.54 Å². The monoisotopic (exact) mass is 259 g/mol. The number of nitrogens with two attached hydrogens (primary N) is 1. The molecule has 2 aliphatic rings. The average molecular weight is 259 g/mol. The summed E-state index contributed by atoms with van der Waals surface area (Å²) in [5, 5.41) is 0. The van der Waals surface area contributed by atoms with E-state index in [1.54, 1.807) is 0 Å². The summed E-state index contributed by atoms with van der Waals surface area (Å²) < 4.78 is 5.31. The van der Waals surface area contributed by atoms with Gasteiger partial charge in [0.1, 0.15) is 0 Å². The molecule has 102 valence electrons. The van der Waals surface area contributed by atoms with Gasteiger partial charge in [0.15, 0.2) is 5.78 Å². The normalized spacial score (nSPS) is 22.8. The zero-order valence-electron chi connectivity index (χ0n) is 11.2. The van der Waals surface area contributed by atoms with Crippen LogP contribution in [0, 0.1) is 0 Å². The molecule has 1 aliphatic heterocycles. The molecular formula is C16H21NO2. The molecule has 0 atom stereocenters. The van der Waals surface area contributed by atoms with Crippen LogP contribution in [0.5, 0.6) is 0 Å². The van der Waals surface area contributed by atoms with Crippen LogP contribution in [0.2, 0.25) is 0 Å². The number of hydrogen-bond donors (Lipinski definition) is 1. The van der Waals surface area contributed by atoms with Gasteiger partial charge >= 0.3 is 0 Å². The van der Waals surface area contributed by atoms with Gasteiger partial charge < -0.3 is 10.5 Å². The first-order valence-electron chi connectivity index (χ1n) is 7.20. The minimum atomic E-state index is -0.726. The van der Waals surface area contributed by atoms with Gasteiger partial charge in [-0.25, -0.2) is 0 Å². The molecule has 1 aromatic rings. The Kier molecular flexibility index (Phi) is 3.42. The Morgan fingerprint density at radius 3 is 2.63 bits per heavy atom. The third-order valence-electron chi connectivity index (χ3n) is 4.56. The highest BCUT2D eigenvalue weighted by molar-refractivity contribution is 6.03. The van der Waals surface area contributed by atoms with Crippen LogP contribution in [-0.4, -0.2) is 24.5 Å². The Morgan fingerprint density at radius 1 is 1.26 bits per heavy atom. The second-order valence-electron chi connectivity index (χ2n) is 5.85. The molecule has 2 N–H and O–H groups in total.